The van der Waals surface area contributed by atoms with E-state index in [1.54, 1.807) is 6.92 Å². The molecule has 2 aromatic heterocycles. The molecule has 24 heavy (non-hydrogen) atoms. The Morgan fingerprint density at radius 1 is 1.17 bits per heavy atom. The molecule has 3 heterocycles. The predicted octanol–water partition coefficient (Wildman–Crippen LogP) is 1.11. The zero-order valence-corrected chi connectivity index (χ0v) is 14.2. The quantitative estimate of drug-likeness (QED) is 0.815. The number of aromatic nitrogens is 4. The van der Waals surface area contributed by atoms with Crippen LogP contribution in [0.15, 0.2) is 17.2 Å². The van der Waals surface area contributed by atoms with Crippen LogP contribution in [-0.2, 0) is 13.0 Å². The molecule has 1 fully saturated rings. The first-order chi connectivity index (χ1) is 11.6. The van der Waals surface area contributed by atoms with E-state index in [1.165, 1.54) is 0 Å². The Balaban J connectivity index is 1.69. The average molecular weight is 329 g/mol. The van der Waals surface area contributed by atoms with E-state index in [1.807, 2.05) is 13.0 Å². The van der Waals surface area contributed by atoms with Gasteiger partial charge in [0, 0.05) is 44.4 Å². The van der Waals surface area contributed by atoms with Gasteiger partial charge in [-0.2, -0.15) is 9.97 Å². The SMILES string of the molecule is C=CCc1c(C)nc(N)nc1N1CCN(Cc2noc(C)n2)CC1. The highest BCUT2D eigenvalue weighted by atomic mass is 16.5. The average Bonchev–Trinajstić information content (AvgIpc) is 2.96. The lowest BCUT2D eigenvalue weighted by Crippen LogP contribution is -2.46. The zero-order chi connectivity index (χ0) is 17.1. The van der Waals surface area contributed by atoms with Gasteiger partial charge in [0.25, 0.3) is 0 Å². The molecule has 0 unspecified atom stereocenters. The molecule has 0 bridgehead atoms. The molecule has 1 saturated heterocycles. The summed E-state index contributed by atoms with van der Waals surface area (Å²) in [6.45, 7) is 11.9. The standard InChI is InChI=1S/C16H23N7O/c1-4-5-13-11(2)18-16(17)20-15(13)23-8-6-22(7-9-23)10-14-19-12(3)24-21-14/h4H,1,5-10H2,2-3H3,(H2,17,18,20). The van der Waals surface area contributed by atoms with Crippen LogP contribution in [-0.4, -0.2) is 51.2 Å². The highest BCUT2D eigenvalue weighted by molar-refractivity contribution is 5.52. The summed E-state index contributed by atoms with van der Waals surface area (Å²) < 4.78 is 5.03. The van der Waals surface area contributed by atoms with Gasteiger partial charge >= 0.3 is 0 Å². The molecule has 3 rings (SSSR count). The second kappa shape index (κ2) is 6.96. The van der Waals surface area contributed by atoms with Gasteiger partial charge in [-0.1, -0.05) is 11.2 Å². The zero-order valence-electron chi connectivity index (χ0n) is 14.2. The number of aryl methyl sites for hydroxylation is 2. The molecule has 2 N–H and O–H groups in total. The third-order valence-corrected chi connectivity index (χ3v) is 4.16. The third kappa shape index (κ3) is 3.53. The van der Waals surface area contributed by atoms with Gasteiger partial charge in [-0.3, -0.25) is 4.90 Å². The van der Waals surface area contributed by atoms with Crippen molar-refractivity contribution in [3.05, 3.63) is 35.6 Å². The Morgan fingerprint density at radius 2 is 1.92 bits per heavy atom. The highest BCUT2D eigenvalue weighted by Crippen LogP contribution is 2.24. The highest BCUT2D eigenvalue weighted by Gasteiger charge is 2.22. The van der Waals surface area contributed by atoms with Gasteiger partial charge in [0.05, 0.1) is 6.54 Å². The molecule has 128 valence electrons. The summed E-state index contributed by atoms with van der Waals surface area (Å²) in [6, 6.07) is 0. The molecule has 1 aliphatic heterocycles. The number of hydrogen-bond donors (Lipinski definition) is 1. The molecule has 0 aliphatic carbocycles. The summed E-state index contributed by atoms with van der Waals surface area (Å²) in [5, 5.41) is 3.96. The Labute approximate surface area is 141 Å². The number of nitrogen functional groups attached to an aromatic ring is 1. The van der Waals surface area contributed by atoms with Crippen molar-refractivity contribution in [3.8, 4) is 0 Å². The topological polar surface area (TPSA) is 97.2 Å². The van der Waals surface area contributed by atoms with Crippen molar-refractivity contribution in [1.82, 2.24) is 25.0 Å². The Hall–Kier alpha value is -2.48. The number of allylic oxidation sites excluding steroid dienone is 1. The molecule has 0 atom stereocenters. The van der Waals surface area contributed by atoms with Gasteiger partial charge in [-0.05, 0) is 13.3 Å². The lowest BCUT2D eigenvalue weighted by Gasteiger charge is -2.35. The predicted molar refractivity (Wildman–Crippen MR) is 91.6 cm³/mol. The number of anilines is 2. The molecular weight excluding hydrogens is 306 g/mol. The molecule has 1 aliphatic rings. The maximum atomic E-state index is 5.85. The maximum absolute atomic E-state index is 5.85. The lowest BCUT2D eigenvalue weighted by atomic mass is 10.1. The maximum Gasteiger partial charge on any atom is 0.223 e. The van der Waals surface area contributed by atoms with Crippen LogP contribution >= 0.6 is 0 Å². The van der Waals surface area contributed by atoms with Crippen molar-refractivity contribution in [2.75, 3.05) is 36.8 Å². The first-order valence-corrected chi connectivity index (χ1v) is 8.07. The van der Waals surface area contributed by atoms with Crippen LogP contribution in [0.5, 0.6) is 0 Å². The third-order valence-electron chi connectivity index (χ3n) is 4.16. The van der Waals surface area contributed by atoms with E-state index in [-0.39, 0.29) is 0 Å². The van der Waals surface area contributed by atoms with Crippen LogP contribution in [0.3, 0.4) is 0 Å². The summed E-state index contributed by atoms with van der Waals surface area (Å²) in [4.78, 5) is 17.6. The molecule has 8 heteroatoms. The lowest BCUT2D eigenvalue weighted by molar-refractivity contribution is 0.239. The minimum Gasteiger partial charge on any atom is -0.368 e. The van der Waals surface area contributed by atoms with Crippen molar-refractivity contribution >= 4 is 11.8 Å². The van der Waals surface area contributed by atoms with Crippen LogP contribution in [0.2, 0.25) is 0 Å². The first-order valence-electron chi connectivity index (χ1n) is 8.07. The second-order valence-corrected chi connectivity index (χ2v) is 5.95. The molecule has 8 nitrogen and oxygen atoms in total. The van der Waals surface area contributed by atoms with Crippen molar-refractivity contribution in [3.63, 3.8) is 0 Å². The molecule has 0 saturated carbocycles. The van der Waals surface area contributed by atoms with Crippen molar-refractivity contribution in [1.29, 1.82) is 0 Å². The fraction of sp³-hybridized carbons (Fsp3) is 0.500. The monoisotopic (exact) mass is 329 g/mol. The van der Waals surface area contributed by atoms with Crippen molar-refractivity contribution in [2.24, 2.45) is 0 Å². The van der Waals surface area contributed by atoms with Gasteiger partial charge in [0.15, 0.2) is 5.82 Å². The normalized spacial score (nSPS) is 15.7. The van der Waals surface area contributed by atoms with Crippen LogP contribution in [0.4, 0.5) is 11.8 Å². The number of rotatable bonds is 5. The number of nitrogens with zero attached hydrogens (tertiary/aromatic N) is 6. The van der Waals surface area contributed by atoms with E-state index in [2.05, 4.69) is 36.5 Å². The minimum atomic E-state index is 0.319. The van der Waals surface area contributed by atoms with E-state index in [4.69, 9.17) is 10.3 Å². The largest absolute Gasteiger partial charge is 0.368 e. The van der Waals surface area contributed by atoms with E-state index in [0.29, 0.717) is 18.4 Å². The van der Waals surface area contributed by atoms with Crippen molar-refractivity contribution < 1.29 is 4.52 Å². The molecule has 0 spiro atoms. The Kier molecular flexibility index (Phi) is 4.75. The van der Waals surface area contributed by atoms with Crippen LogP contribution < -0.4 is 10.6 Å². The molecule has 0 radical (unpaired) electrons. The summed E-state index contributed by atoms with van der Waals surface area (Å²) >= 11 is 0. The van der Waals surface area contributed by atoms with Gasteiger partial charge in [0.2, 0.25) is 11.8 Å². The Morgan fingerprint density at radius 3 is 2.54 bits per heavy atom. The fourth-order valence-corrected chi connectivity index (χ4v) is 2.97. The van der Waals surface area contributed by atoms with Gasteiger partial charge in [0.1, 0.15) is 5.82 Å². The van der Waals surface area contributed by atoms with Crippen LogP contribution in [0.25, 0.3) is 0 Å². The molecule has 0 amide bonds. The van der Waals surface area contributed by atoms with Gasteiger partial charge in [-0.25, -0.2) is 4.98 Å². The van der Waals surface area contributed by atoms with E-state index in [9.17, 15) is 0 Å². The number of piperazine rings is 1. The van der Waals surface area contributed by atoms with Gasteiger partial charge < -0.3 is 15.2 Å². The van der Waals surface area contributed by atoms with E-state index in [0.717, 1.165) is 55.5 Å². The van der Waals surface area contributed by atoms with Crippen LogP contribution in [0.1, 0.15) is 23.0 Å². The smallest absolute Gasteiger partial charge is 0.223 e. The minimum absolute atomic E-state index is 0.319. The number of hydrogen-bond acceptors (Lipinski definition) is 8. The van der Waals surface area contributed by atoms with Crippen LogP contribution in [0, 0.1) is 13.8 Å². The molecule has 0 aromatic carbocycles. The molecule has 2 aromatic rings. The fourth-order valence-electron chi connectivity index (χ4n) is 2.97. The summed E-state index contributed by atoms with van der Waals surface area (Å²) in [5.41, 5.74) is 7.87. The summed E-state index contributed by atoms with van der Waals surface area (Å²) in [6.07, 6.45) is 2.62. The Bertz CT molecular complexity index is 719. The number of nitrogens with two attached hydrogens (primary N) is 1. The first kappa shape index (κ1) is 16.4. The summed E-state index contributed by atoms with van der Waals surface area (Å²) in [5.74, 6) is 2.58. The second-order valence-electron chi connectivity index (χ2n) is 5.95. The molecular formula is C16H23N7O. The van der Waals surface area contributed by atoms with Gasteiger partial charge in [-0.15, -0.1) is 6.58 Å². The van der Waals surface area contributed by atoms with E-state index < -0.39 is 0 Å². The van der Waals surface area contributed by atoms with Crippen molar-refractivity contribution in [2.45, 2.75) is 26.8 Å². The summed E-state index contributed by atoms with van der Waals surface area (Å²) in [7, 11) is 0. The van der Waals surface area contributed by atoms with E-state index >= 15 is 0 Å².